The van der Waals surface area contributed by atoms with Crippen LogP contribution in [0.3, 0.4) is 0 Å². The van der Waals surface area contributed by atoms with Crippen molar-refractivity contribution in [1.82, 2.24) is 9.97 Å². The summed E-state index contributed by atoms with van der Waals surface area (Å²) in [6.07, 6.45) is 1.59. The molecule has 3 aromatic rings. The molecule has 0 unspecified atom stereocenters. The first-order valence-electron chi connectivity index (χ1n) is 8.25. The zero-order valence-corrected chi connectivity index (χ0v) is 16.0. The molecule has 0 aliphatic heterocycles. The predicted octanol–water partition coefficient (Wildman–Crippen LogP) is 5.43. The van der Waals surface area contributed by atoms with E-state index in [4.69, 9.17) is 26.7 Å². The van der Waals surface area contributed by atoms with E-state index in [0.29, 0.717) is 11.5 Å². The molecule has 7 heteroatoms. The lowest BCUT2D eigenvalue weighted by molar-refractivity contribution is 0.0697. The standard InChI is InChI=1S/C19H18ClN3O2S/c1-3-13-16(4-2)22-17(11-7-8-26-10-11)23-18(13)21-12-5-6-14(19(24)25)15(20)9-12/h5-10H,3-4H2,1-2H3,(H,24,25)(H,21,22,23). The number of aromatic nitrogens is 2. The Labute approximate surface area is 160 Å². The minimum atomic E-state index is -1.05. The Hall–Kier alpha value is -2.44. The van der Waals surface area contributed by atoms with E-state index in [2.05, 4.69) is 19.2 Å². The Balaban J connectivity index is 2.04. The maximum Gasteiger partial charge on any atom is 0.337 e. The van der Waals surface area contributed by atoms with Gasteiger partial charge in [-0.2, -0.15) is 11.3 Å². The van der Waals surface area contributed by atoms with E-state index in [0.717, 1.165) is 35.5 Å². The number of hydrogen-bond acceptors (Lipinski definition) is 5. The number of carbonyl (C=O) groups is 1. The second-order valence-corrected chi connectivity index (χ2v) is 6.85. The zero-order valence-electron chi connectivity index (χ0n) is 14.4. The van der Waals surface area contributed by atoms with E-state index >= 15 is 0 Å². The molecule has 0 saturated heterocycles. The minimum absolute atomic E-state index is 0.0730. The highest BCUT2D eigenvalue weighted by Crippen LogP contribution is 2.29. The monoisotopic (exact) mass is 387 g/mol. The molecule has 1 aromatic carbocycles. The molecular weight excluding hydrogens is 370 g/mol. The molecule has 0 aliphatic carbocycles. The molecule has 0 amide bonds. The van der Waals surface area contributed by atoms with Crippen LogP contribution in [0.25, 0.3) is 11.4 Å². The van der Waals surface area contributed by atoms with Crippen LogP contribution in [0.15, 0.2) is 35.0 Å². The van der Waals surface area contributed by atoms with E-state index in [-0.39, 0.29) is 10.6 Å². The second-order valence-electron chi connectivity index (χ2n) is 5.66. The summed E-state index contributed by atoms with van der Waals surface area (Å²) >= 11 is 7.68. The first-order chi connectivity index (χ1) is 12.5. The van der Waals surface area contributed by atoms with Crippen molar-refractivity contribution in [3.8, 4) is 11.4 Å². The van der Waals surface area contributed by atoms with Crippen LogP contribution in [-0.4, -0.2) is 21.0 Å². The van der Waals surface area contributed by atoms with Crippen molar-refractivity contribution in [2.75, 3.05) is 5.32 Å². The van der Waals surface area contributed by atoms with Crippen molar-refractivity contribution in [2.24, 2.45) is 0 Å². The van der Waals surface area contributed by atoms with Gasteiger partial charge in [0.25, 0.3) is 0 Å². The summed E-state index contributed by atoms with van der Waals surface area (Å²) in [5, 5.41) is 16.6. The average molecular weight is 388 g/mol. The summed E-state index contributed by atoms with van der Waals surface area (Å²) in [5.74, 6) is 0.349. The van der Waals surface area contributed by atoms with Crippen molar-refractivity contribution in [2.45, 2.75) is 26.7 Å². The highest BCUT2D eigenvalue weighted by molar-refractivity contribution is 7.08. The van der Waals surface area contributed by atoms with E-state index < -0.39 is 5.97 Å². The van der Waals surface area contributed by atoms with Crippen LogP contribution < -0.4 is 5.32 Å². The lowest BCUT2D eigenvalue weighted by Crippen LogP contribution is -2.07. The Kier molecular flexibility index (Phi) is 5.54. The molecule has 26 heavy (non-hydrogen) atoms. The first-order valence-corrected chi connectivity index (χ1v) is 9.57. The average Bonchev–Trinajstić information content (AvgIpc) is 3.15. The molecule has 2 heterocycles. The molecule has 0 aliphatic rings. The molecule has 0 spiro atoms. The van der Waals surface area contributed by atoms with Crippen molar-refractivity contribution in [3.05, 3.63) is 56.9 Å². The van der Waals surface area contributed by atoms with Crippen molar-refractivity contribution >= 4 is 40.4 Å². The Bertz CT molecular complexity index is 942. The molecule has 0 bridgehead atoms. The lowest BCUT2D eigenvalue weighted by atomic mass is 10.1. The van der Waals surface area contributed by atoms with Crippen molar-refractivity contribution in [3.63, 3.8) is 0 Å². The number of hydrogen-bond donors (Lipinski definition) is 2. The number of aromatic carboxylic acids is 1. The number of benzene rings is 1. The molecule has 0 fully saturated rings. The Morgan fingerprint density at radius 3 is 2.62 bits per heavy atom. The van der Waals surface area contributed by atoms with Crippen molar-refractivity contribution in [1.29, 1.82) is 0 Å². The van der Waals surface area contributed by atoms with E-state index in [1.807, 2.05) is 16.8 Å². The van der Waals surface area contributed by atoms with E-state index in [1.54, 1.807) is 23.5 Å². The third-order valence-corrected chi connectivity index (χ3v) is 5.02. The number of nitrogens with zero attached hydrogens (tertiary/aromatic N) is 2. The number of rotatable bonds is 6. The van der Waals surface area contributed by atoms with Gasteiger partial charge in [-0.3, -0.25) is 0 Å². The maximum absolute atomic E-state index is 11.1. The lowest BCUT2D eigenvalue weighted by Gasteiger charge is -2.15. The highest BCUT2D eigenvalue weighted by Gasteiger charge is 2.15. The summed E-state index contributed by atoms with van der Waals surface area (Å²) in [7, 11) is 0. The molecule has 2 aromatic heterocycles. The quantitative estimate of drug-likeness (QED) is 0.590. The Morgan fingerprint density at radius 2 is 2.04 bits per heavy atom. The number of carboxylic acids is 1. The summed E-state index contributed by atoms with van der Waals surface area (Å²) in [6, 6.07) is 6.77. The summed E-state index contributed by atoms with van der Waals surface area (Å²) in [6.45, 7) is 4.13. The highest BCUT2D eigenvalue weighted by atomic mass is 35.5. The molecule has 0 radical (unpaired) electrons. The summed E-state index contributed by atoms with van der Waals surface area (Å²) < 4.78 is 0. The number of halogens is 1. The third-order valence-electron chi connectivity index (χ3n) is 4.02. The maximum atomic E-state index is 11.1. The first kappa shape index (κ1) is 18.4. The number of thiophene rings is 1. The van der Waals surface area contributed by atoms with Crippen LogP contribution in [-0.2, 0) is 12.8 Å². The molecule has 0 saturated carbocycles. The fourth-order valence-electron chi connectivity index (χ4n) is 2.72. The summed E-state index contributed by atoms with van der Waals surface area (Å²) in [5.41, 5.74) is 3.79. The van der Waals surface area contributed by atoms with Crippen LogP contribution in [0.5, 0.6) is 0 Å². The Morgan fingerprint density at radius 1 is 1.23 bits per heavy atom. The molecule has 5 nitrogen and oxygen atoms in total. The van der Waals surface area contributed by atoms with Gasteiger partial charge in [0.2, 0.25) is 0 Å². The topological polar surface area (TPSA) is 75.1 Å². The SMILES string of the molecule is CCc1nc(-c2ccsc2)nc(Nc2ccc(C(=O)O)c(Cl)c2)c1CC. The van der Waals surface area contributed by atoms with Gasteiger partial charge in [-0.25, -0.2) is 14.8 Å². The predicted molar refractivity (Wildman–Crippen MR) is 106 cm³/mol. The second kappa shape index (κ2) is 7.85. The van der Waals surface area contributed by atoms with E-state index in [9.17, 15) is 4.79 Å². The van der Waals surface area contributed by atoms with E-state index in [1.165, 1.54) is 6.07 Å². The normalized spacial score (nSPS) is 10.7. The molecule has 0 atom stereocenters. The van der Waals surface area contributed by atoms with Crippen LogP contribution in [0.4, 0.5) is 11.5 Å². The van der Waals surface area contributed by atoms with Gasteiger partial charge in [0.15, 0.2) is 5.82 Å². The van der Waals surface area contributed by atoms with Crippen LogP contribution in [0, 0.1) is 0 Å². The fraction of sp³-hybridized carbons (Fsp3) is 0.211. The van der Waals surface area contributed by atoms with Gasteiger partial charge in [-0.15, -0.1) is 0 Å². The number of anilines is 2. The minimum Gasteiger partial charge on any atom is -0.478 e. The number of carboxylic acid groups (broad SMARTS) is 1. The number of nitrogens with one attached hydrogen (secondary N) is 1. The van der Waals surface area contributed by atoms with Gasteiger partial charge in [-0.05, 0) is 42.5 Å². The molecule has 2 N–H and O–H groups in total. The van der Waals surface area contributed by atoms with Crippen LogP contribution in [0.2, 0.25) is 5.02 Å². The van der Waals surface area contributed by atoms with Crippen molar-refractivity contribution < 1.29 is 9.90 Å². The van der Waals surface area contributed by atoms with Gasteiger partial charge in [0.1, 0.15) is 5.82 Å². The molecular formula is C19H18ClN3O2S. The third kappa shape index (κ3) is 3.71. The van der Waals surface area contributed by atoms with Crippen LogP contribution in [0.1, 0.15) is 35.5 Å². The zero-order chi connectivity index (χ0) is 18.7. The van der Waals surface area contributed by atoms with Crippen LogP contribution >= 0.6 is 22.9 Å². The largest absolute Gasteiger partial charge is 0.478 e. The van der Waals surface area contributed by atoms with Gasteiger partial charge < -0.3 is 10.4 Å². The molecule has 3 rings (SSSR count). The van der Waals surface area contributed by atoms with Gasteiger partial charge in [0.05, 0.1) is 10.6 Å². The smallest absolute Gasteiger partial charge is 0.337 e. The van der Waals surface area contributed by atoms with Gasteiger partial charge in [-0.1, -0.05) is 25.4 Å². The fourth-order valence-corrected chi connectivity index (χ4v) is 3.62. The van der Waals surface area contributed by atoms with Gasteiger partial charge in [0, 0.05) is 27.9 Å². The molecule has 134 valence electrons. The van der Waals surface area contributed by atoms with Gasteiger partial charge >= 0.3 is 5.97 Å². The number of aryl methyl sites for hydroxylation is 1. The summed E-state index contributed by atoms with van der Waals surface area (Å²) in [4.78, 5) is 20.5.